The van der Waals surface area contributed by atoms with E-state index in [0.29, 0.717) is 24.1 Å². The Morgan fingerprint density at radius 3 is 2.61 bits per heavy atom. The number of hydrogen-bond donors (Lipinski definition) is 1. The predicted molar refractivity (Wildman–Crippen MR) is 109 cm³/mol. The third-order valence-corrected chi connectivity index (χ3v) is 5.17. The predicted octanol–water partition coefficient (Wildman–Crippen LogP) is 4.07. The van der Waals surface area contributed by atoms with Crippen molar-refractivity contribution in [3.05, 3.63) is 78.6 Å². The molecule has 0 aliphatic heterocycles. The molecule has 28 heavy (non-hydrogen) atoms. The topological polar surface area (TPSA) is 59.8 Å². The molecule has 3 aromatic rings. The van der Waals surface area contributed by atoms with Crippen LogP contribution in [0, 0.1) is 5.82 Å². The first-order valence-corrected chi connectivity index (χ1v) is 9.74. The van der Waals surface area contributed by atoms with Crippen molar-refractivity contribution in [3.63, 3.8) is 0 Å². The summed E-state index contributed by atoms with van der Waals surface area (Å²) in [7, 11) is 0. The molecular weight excluding hydrogens is 375 g/mol. The summed E-state index contributed by atoms with van der Waals surface area (Å²) in [5.41, 5.74) is 1.80. The van der Waals surface area contributed by atoms with Gasteiger partial charge in [-0.25, -0.2) is 4.39 Å². The Bertz CT molecular complexity index is 941. The fourth-order valence-corrected chi connectivity index (χ4v) is 3.51. The third-order valence-electron chi connectivity index (χ3n) is 4.09. The van der Waals surface area contributed by atoms with Crippen molar-refractivity contribution in [2.45, 2.75) is 30.4 Å². The molecule has 0 bridgehead atoms. The van der Waals surface area contributed by atoms with E-state index in [1.54, 1.807) is 18.2 Å². The van der Waals surface area contributed by atoms with Crippen LogP contribution < -0.4 is 5.32 Å². The Hall–Kier alpha value is -2.93. The molecule has 5 nitrogen and oxygen atoms in total. The molecule has 2 aromatic carbocycles. The quantitative estimate of drug-likeness (QED) is 0.461. The maximum atomic E-state index is 13.2. The third kappa shape index (κ3) is 4.86. The van der Waals surface area contributed by atoms with Crippen molar-refractivity contribution >= 4 is 17.7 Å². The van der Waals surface area contributed by atoms with E-state index in [4.69, 9.17) is 0 Å². The van der Waals surface area contributed by atoms with Crippen LogP contribution in [0.5, 0.6) is 0 Å². The van der Waals surface area contributed by atoms with Crippen LogP contribution in [0.25, 0.3) is 11.4 Å². The van der Waals surface area contributed by atoms with Crippen molar-refractivity contribution < 1.29 is 9.18 Å². The molecule has 0 saturated heterocycles. The lowest BCUT2D eigenvalue weighted by atomic mass is 10.2. The van der Waals surface area contributed by atoms with Gasteiger partial charge < -0.3 is 5.32 Å². The van der Waals surface area contributed by atoms with Gasteiger partial charge in [0.1, 0.15) is 5.82 Å². The van der Waals surface area contributed by atoms with E-state index < -0.39 is 0 Å². The highest BCUT2D eigenvalue weighted by molar-refractivity contribution is 8.00. The number of thioether (sulfide) groups is 1. The van der Waals surface area contributed by atoms with Gasteiger partial charge in [-0.2, -0.15) is 0 Å². The second-order valence-electron chi connectivity index (χ2n) is 6.18. The first-order valence-electron chi connectivity index (χ1n) is 8.87. The highest BCUT2D eigenvalue weighted by atomic mass is 32.2. The van der Waals surface area contributed by atoms with E-state index in [9.17, 15) is 9.18 Å². The Labute approximate surface area is 167 Å². The molecule has 0 aliphatic carbocycles. The normalized spacial score (nSPS) is 11.8. The van der Waals surface area contributed by atoms with Crippen LogP contribution in [0.1, 0.15) is 12.5 Å². The van der Waals surface area contributed by atoms with E-state index >= 15 is 0 Å². The number of allylic oxidation sites excluding steroid dienone is 1. The van der Waals surface area contributed by atoms with Gasteiger partial charge in [0.2, 0.25) is 5.91 Å². The molecule has 0 saturated carbocycles. The molecule has 1 aromatic heterocycles. The van der Waals surface area contributed by atoms with Gasteiger partial charge in [0.15, 0.2) is 11.0 Å². The van der Waals surface area contributed by atoms with E-state index in [-0.39, 0.29) is 17.0 Å². The van der Waals surface area contributed by atoms with Gasteiger partial charge in [-0.1, -0.05) is 48.2 Å². The van der Waals surface area contributed by atoms with Crippen LogP contribution in [0.3, 0.4) is 0 Å². The zero-order chi connectivity index (χ0) is 19.9. The Kier molecular flexibility index (Phi) is 6.60. The molecule has 1 amide bonds. The summed E-state index contributed by atoms with van der Waals surface area (Å²) in [6.07, 6.45) is 1.74. The number of carbonyl (C=O) groups excluding carboxylic acids is 1. The van der Waals surface area contributed by atoms with Crippen molar-refractivity contribution in [1.82, 2.24) is 20.1 Å². The lowest BCUT2D eigenvalue weighted by Gasteiger charge is -2.13. The van der Waals surface area contributed by atoms with E-state index in [2.05, 4.69) is 22.1 Å². The maximum absolute atomic E-state index is 13.2. The second-order valence-corrected chi connectivity index (χ2v) is 7.48. The molecular formula is C21H21FN4OS. The number of rotatable bonds is 8. The molecule has 0 spiro atoms. The lowest BCUT2D eigenvalue weighted by Crippen LogP contribution is -2.30. The summed E-state index contributed by atoms with van der Waals surface area (Å²) in [5, 5.41) is 11.7. The molecule has 7 heteroatoms. The van der Waals surface area contributed by atoms with Gasteiger partial charge in [0.05, 0.1) is 5.25 Å². The second kappa shape index (κ2) is 9.32. The first-order chi connectivity index (χ1) is 13.6. The molecule has 0 aliphatic rings. The minimum atomic E-state index is -0.349. The minimum absolute atomic E-state index is 0.0784. The van der Waals surface area contributed by atoms with Gasteiger partial charge >= 0.3 is 0 Å². The van der Waals surface area contributed by atoms with Gasteiger partial charge in [-0.05, 0) is 36.8 Å². The van der Waals surface area contributed by atoms with Gasteiger partial charge in [-0.15, -0.1) is 16.8 Å². The molecule has 0 unspecified atom stereocenters. The van der Waals surface area contributed by atoms with Crippen LogP contribution in [0.4, 0.5) is 4.39 Å². The van der Waals surface area contributed by atoms with Gasteiger partial charge in [-0.3, -0.25) is 9.36 Å². The number of benzene rings is 2. The molecule has 3 rings (SSSR count). The summed E-state index contributed by atoms with van der Waals surface area (Å²) < 4.78 is 15.1. The largest absolute Gasteiger partial charge is 0.351 e. The summed E-state index contributed by atoms with van der Waals surface area (Å²) in [5.74, 6) is 0.224. The molecule has 1 heterocycles. The summed E-state index contributed by atoms with van der Waals surface area (Å²) in [6.45, 7) is 6.57. The number of nitrogens with one attached hydrogen (secondary N) is 1. The smallest absolute Gasteiger partial charge is 0.233 e. The molecule has 1 N–H and O–H groups in total. The van der Waals surface area contributed by atoms with Crippen LogP contribution in [-0.2, 0) is 17.9 Å². The first kappa shape index (κ1) is 19.8. The van der Waals surface area contributed by atoms with Crippen molar-refractivity contribution in [3.8, 4) is 11.4 Å². The van der Waals surface area contributed by atoms with E-state index in [1.807, 2.05) is 41.8 Å². The number of amides is 1. The average Bonchev–Trinajstić information content (AvgIpc) is 3.10. The molecule has 1 atom stereocenters. The van der Waals surface area contributed by atoms with Gasteiger partial charge in [0.25, 0.3) is 0 Å². The molecule has 144 valence electrons. The molecule has 0 fully saturated rings. The SMILES string of the molecule is C=CCn1c(S[C@@H](C)C(=O)NCc2ccccc2)nnc1-c1ccc(F)cc1. The van der Waals surface area contributed by atoms with Crippen LogP contribution in [-0.4, -0.2) is 25.9 Å². The number of halogens is 1. The van der Waals surface area contributed by atoms with Crippen molar-refractivity contribution in [2.24, 2.45) is 0 Å². The van der Waals surface area contributed by atoms with Crippen molar-refractivity contribution in [1.29, 1.82) is 0 Å². The standard InChI is InChI=1S/C21H21FN4OS/c1-3-13-26-19(17-9-11-18(22)12-10-17)24-25-21(26)28-15(2)20(27)23-14-16-7-5-4-6-8-16/h3-12,15H,1,13-14H2,2H3,(H,23,27)/t15-/m0/s1. The zero-order valence-electron chi connectivity index (χ0n) is 15.5. The van der Waals surface area contributed by atoms with Crippen LogP contribution in [0.15, 0.2) is 72.4 Å². The summed E-state index contributed by atoms with van der Waals surface area (Å²) in [6, 6.07) is 15.8. The fraction of sp³-hybridized carbons (Fsp3) is 0.190. The lowest BCUT2D eigenvalue weighted by molar-refractivity contribution is -0.120. The van der Waals surface area contributed by atoms with Crippen molar-refractivity contribution in [2.75, 3.05) is 0 Å². The Balaban J connectivity index is 1.71. The Morgan fingerprint density at radius 2 is 1.93 bits per heavy atom. The fourth-order valence-electron chi connectivity index (χ4n) is 2.62. The average molecular weight is 396 g/mol. The van der Waals surface area contributed by atoms with E-state index in [1.165, 1.54) is 23.9 Å². The summed E-state index contributed by atoms with van der Waals surface area (Å²) in [4.78, 5) is 12.5. The minimum Gasteiger partial charge on any atom is -0.351 e. The van der Waals surface area contributed by atoms with E-state index in [0.717, 1.165) is 11.1 Å². The Morgan fingerprint density at radius 1 is 1.21 bits per heavy atom. The number of hydrogen-bond acceptors (Lipinski definition) is 4. The number of aromatic nitrogens is 3. The number of nitrogens with zero attached hydrogens (tertiary/aromatic N) is 3. The van der Waals surface area contributed by atoms with Gasteiger partial charge in [0, 0.05) is 18.7 Å². The summed E-state index contributed by atoms with van der Waals surface area (Å²) >= 11 is 1.33. The van der Waals surface area contributed by atoms with Crippen LogP contribution in [0.2, 0.25) is 0 Å². The highest BCUT2D eigenvalue weighted by Gasteiger charge is 2.20. The zero-order valence-corrected chi connectivity index (χ0v) is 16.3. The maximum Gasteiger partial charge on any atom is 0.233 e. The number of carbonyl (C=O) groups is 1. The monoisotopic (exact) mass is 396 g/mol. The molecule has 0 radical (unpaired) electrons. The van der Waals surface area contributed by atoms with Crippen LogP contribution >= 0.6 is 11.8 Å². The highest BCUT2D eigenvalue weighted by Crippen LogP contribution is 2.27.